The Labute approximate surface area is 178 Å². The Bertz CT molecular complexity index is 897. The highest BCUT2D eigenvalue weighted by molar-refractivity contribution is 6.23. The van der Waals surface area contributed by atoms with Gasteiger partial charge in [0.05, 0.1) is 44.2 Å². The lowest BCUT2D eigenvalue weighted by atomic mass is 10.0. The summed E-state index contributed by atoms with van der Waals surface area (Å²) in [6, 6.07) is 3.52. The van der Waals surface area contributed by atoms with Gasteiger partial charge in [0.2, 0.25) is 11.8 Å². The second-order valence-corrected chi connectivity index (χ2v) is 7.08. The minimum Gasteiger partial charge on any atom is -0.491 e. The molecule has 0 radical (unpaired) electrons. The summed E-state index contributed by atoms with van der Waals surface area (Å²) in [6.07, 6.45) is 0.175. The molecule has 2 heterocycles. The molecule has 1 aromatic carbocycles. The molecule has 166 valence electrons. The number of carbonyl (C=O) groups is 4. The van der Waals surface area contributed by atoms with Crippen molar-refractivity contribution in [1.82, 2.24) is 10.2 Å². The molecule has 10 heteroatoms. The second kappa shape index (κ2) is 10.3. The topological polar surface area (TPSA) is 131 Å². The Morgan fingerprint density at radius 3 is 2.52 bits per heavy atom. The molecule has 4 amide bonds. The van der Waals surface area contributed by atoms with Crippen LogP contribution in [-0.2, 0) is 19.1 Å². The van der Waals surface area contributed by atoms with Crippen molar-refractivity contribution in [3.8, 4) is 5.75 Å². The number of piperidine rings is 1. The van der Waals surface area contributed by atoms with Crippen molar-refractivity contribution in [2.45, 2.75) is 18.9 Å². The monoisotopic (exact) mass is 432 g/mol. The lowest BCUT2D eigenvalue weighted by Crippen LogP contribution is -2.54. The molecular formula is C21H24N2O8. The zero-order valence-corrected chi connectivity index (χ0v) is 16.9. The van der Waals surface area contributed by atoms with Crippen molar-refractivity contribution >= 4 is 23.6 Å². The highest BCUT2D eigenvalue weighted by atomic mass is 16.5. The van der Waals surface area contributed by atoms with Crippen LogP contribution in [-0.4, -0.2) is 79.3 Å². The maximum absolute atomic E-state index is 12.8. The molecule has 0 bridgehead atoms. The van der Waals surface area contributed by atoms with E-state index < -0.39 is 29.7 Å². The molecule has 1 unspecified atom stereocenters. The third-order valence-electron chi connectivity index (χ3n) is 4.81. The predicted molar refractivity (Wildman–Crippen MR) is 106 cm³/mol. The summed E-state index contributed by atoms with van der Waals surface area (Å²) in [5.74, 6) is -1.82. The maximum Gasteiger partial charge on any atom is 0.262 e. The van der Waals surface area contributed by atoms with E-state index in [1.165, 1.54) is 12.1 Å². The molecule has 0 saturated carbocycles. The van der Waals surface area contributed by atoms with E-state index >= 15 is 0 Å². The van der Waals surface area contributed by atoms with Crippen molar-refractivity contribution in [2.75, 3.05) is 39.6 Å². The molecule has 10 nitrogen and oxygen atoms in total. The van der Waals surface area contributed by atoms with E-state index in [4.69, 9.17) is 19.3 Å². The number of nitrogens with zero attached hydrogens (tertiary/aromatic N) is 1. The van der Waals surface area contributed by atoms with Gasteiger partial charge in [0, 0.05) is 6.42 Å². The van der Waals surface area contributed by atoms with Crippen LogP contribution in [0.3, 0.4) is 0 Å². The van der Waals surface area contributed by atoms with Crippen LogP contribution in [0.2, 0.25) is 0 Å². The molecule has 1 saturated heterocycles. The molecule has 1 aromatic rings. The first-order valence-electron chi connectivity index (χ1n) is 9.83. The summed E-state index contributed by atoms with van der Waals surface area (Å²) >= 11 is 0. The molecule has 2 aliphatic rings. The number of amides is 4. The van der Waals surface area contributed by atoms with Crippen molar-refractivity contribution in [3.05, 3.63) is 41.5 Å². The van der Waals surface area contributed by atoms with Crippen LogP contribution in [0.25, 0.3) is 0 Å². The van der Waals surface area contributed by atoms with Gasteiger partial charge in [-0.05, 0) is 30.2 Å². The first-order valence-corrected chi connectivity index (χ1v) is 9.83. The molecule has 1 atom stereocenters. The van der Waals surface area contributed by atoms with E-state index in [9.17, 15) is 19.2 Å². The third-order valence-corrected chi connectivity index (χ3v) is 4.81. The molecule has 0 aliphatic carbocycles. The Balaban J connectivity index is 1.48. The fourth-order valence-corrected chi connectivity index (χ4v) is 3.24. The number of hydrogen-bond donors (Lipinski definition) is 2. The molecule has 31 heavy (non-hydrogen) atoms. The average Bonchev–Trinajstić information content (AvgIpc) is 3.00. The van der Waals surface area contributed by atoms with Crippen molar-refractivity contribution in [3.63, 3.8) is 0 Å². The Hall–Kier alpha value is -3.08. The van der Waals surface area contributed by atoms with Crippen LogP contribution in [0.5, 0.6) is 5.75 Å². The zero-order chi connectivity index (χ0) is 22.4. The lowest BCUT2D eigenvalue weighted by molar-refractivity contribution is -0.136. The first kappa shape index (κ1) is 22.6. The quantitative estimate of drug-likeness (QED) is 0.285. The summed E-state index contributed by atoms with van der Waals surface area (Å²) < 4.78 is 16.2. The van der Waals surface area contributed by atoms with Crippen molar-refractivity contribution < 1.29 is 38.5 Å². The highest BCUT2D eigenvalue weighted by Crippen LogP contribution is 2.30. The number of fused-ring (bicyclic) bond motifs is 1. The van der Waals surface area contributed by atoms with Gasteiger partial charge in [-0.3, -0.25) is 29.4 Å². The van der Waals surface area contributed by atoms with E-state index in [0.717, 1.165) is 4.90 Å². The number of hydrogen-bond acceptors (Lipinski definition) is 8. The van der Waals surface area contributed by atoms with Crippen LogP contribution >= 0.6 is 0 Å². The fraction of sp³-hybridized carbons (Fsp3) is 0.429. The zero-order valence-electron chi connectivity index (χ0n) is 16.9. The number of imide groups is 2. The molecule has 1 fully saturated rings. The van der Waals surface area contributed by atoms with E-state index in [0.29, 0.717) is 24.5 Å². The van der Waals surface area contributed by atoms with Crippen LogP contribution in [0, 0.1) is 0 Å². The Morgan fingerprint density at radius 2 is 1.77 bits per heavy atom. The number of aliphatic hydroxyl groups is 1. The van der Waals surface area contributed by atoms with Crippen molar-refractivity contribution in [1.29, 1.82) is 0 Å². The summed E-state index contributed by atoms with van der Waals surface area (Å²) in [5.41, 5.74) is 0.940. The summed E-state index contributed by atoms with van der Waals surface area (Å²) in [5, 5.41) is 11.0. The minimum atomic E-state index is -1.00. The largest absolute Gasteiger partial charge is 0.491 e. The Morgan fingerprint density at radius 1 is 1.06 bits per heavy atom. The lowest BCUT2D eigenvalue weighted by Gasteiger charge is -2.27. The number of benzene rings is 1. The van der Waals surface area contributed by atoms with Gasteiger partial charge in [-0.25, -0.2) is 0 Å². The van der Waals surface area contributed by atoms with E-state index in [-0.39, 0.29) is 50.4 Å². The molecule has 2 aliphatic heterocycles. The number of aliphatic hydroxyl groups excluding tert-OH is 1. The van der Waals surface area contributed by atoms with E-state index in [1.807, 2.05) is 0 Å². The van der Waals surface area contributed by atoms with Gasteiger partial charge in [0.25, 0.3) is 11.8 Å². The van der Waals surface area contributed by atoms with Gasteiger partial charge in [-0.1, -0.05) is 6.58 Å². The van der Waals surface area contributed by atoms with Gasteiger partial charge in [-0.15, -0.1) is 0 Å². The smallest absolute Gasteiger partial charge is 0.262 e. The van der Waals surface area contributed by atoms with Gasteiger partial charge in [-0.2, -0.15) is 0 Å². The van der Waals surface area contributed by atoms with Crippen LogP contribution < -0.4 is 10.1 Å². The molecular weight excluding hydrogens is 408 g/mol. The molecule has 0 aromatic heterocycles. The van der Waals surface area contributed by atoms with Crippen molar-refractivity contribution in [2.24, 2.45) is 0 Å². The fourth-order valence-electron chi connectivity index (χ4n) is 3.24. The van der Waals surface area contributed by atoms with Crippen LogP contribution in [0.4, 0.5) is 0 Å². The number of rotatable bonds is 11. The summed E-state index contributed by atoms with van der Waals surface area (Å²) in [6.45, 7) is 4.98. The molecule has 0 spiro atoms. The maximum atomic E-state index is 12.8. The molecule has 2 N–H and O–H groups in total. The van der Waals surface area contributed by atoms with Gasteiger partial charge in [0.15, 0.2) is 0 Å². The van der Waals surface area contributed by atoms with Crippen LogP contribution in [0.1, 0.15) is 33.6 Å². The van der Waals surface area contributed by atoms with Gasteiger partial charge >= 0.3 is 0 Å². The number of nitrogens with one attached hydrogen (secondary N) is 1. The van der Waals surface area contributed by atoms with Gasteiger partial charge in [0.1, 0.15) is 18.4 Å². The minimum absolute atomic E-state index is 0.0688. The standard InChI is InChI=1S/C21H24N2O8/c1-13(11-24)12-30-7-6-29-8-9-31-14-2-3-15-16(10-14)21(28)23(20(15)27)17-4-5-18(25)22-19(17)26/h2-3,10,17,24H,1,4-9,11-12H2,(H,22,25,26). The first-order chi connectivity index (χ1) is 14.9. The normalized spacial score (nSPS) is 18.2. The number of carbonyl (C=O) groups excluding carboxylic acids is 4. The van der Waals surface area contributed by atoms with E-state index in [2.05, 4.69) is 11.9 Å². The third kappa shape index (κ3) is 5.35. The Kier molecular flexibility index (Phi) is 7.50. The number of ether oxygens (including phenoxy) is 3. The SMILES string of the molecule is C=C(CO)COCCOCCOc1ccc2c(c1)C(=O)N(C1CCC(=O)NC1=O)C2=O. The van der Waals surface area contributed by atoms with E-state index in [1.54, 1.807) is 6.07 Å². The highest BCUT2D eigenvalue weighted by Gasteiger charge is 2.44. The predicted octanol–water partition coefficient (Wildman–Crippen LogP) is 0.0483. The van der Waals surface area contributed by atoms with Gasteiger partial charge < -0.3 is 19.3 Å². The average molecular weight is 432 g/mol. The van der Waals surface area contributed by atoms with Crippen LogP contribution in [0.15, 0.2) is 30.4 Å². The second-order valence-electron chi connectivity index (χ2n) is 7.08. The summed E-state index contributed by atoms with van der Waals surface area (Å²) in [7, 11) is 0. The summed E-state index contributed by atoms with van der Waals surface area (Å²) in [4.78, 5) is 49.7. The molecule has 3 rings (SSSR count).